The molecule has 4 rings (SSSR count). The molecule has 0 radical (unpaired) electrons. The van der Waals surface area contributed by atoms with E-state index in [1.807, 2.05) is 35.5 Å². The van der Waals surface area contributed by atoms with E-state index >= 15 is 0 Å². The summed E-state index contributed by atoms with van der Waals surface area (Å²) in [5.74, 6) is 2.68. The summed E-state index contributed by atoms with van der Waals surface area (Å²) in [6, 6.07) is 5.76. The first kappa shape index (κ1) is 16.0. The summed E-state index contributed by atoms with van der Waals surface area (Å²) >= 11 is 0. The van der Waals surface area contributed by atoms with Crippen LogP contribution in [0.3, 0.4) is 0 Å². The van der Waals surface area contributed by atoms with Gasteiger partial charge in [0.15, 0.2) is 11.5 Å². The maximum absolute atomic E-state index is 13.1. The summed E-state index contributed by atoms with van der Waals surface area (Å²) in [6.07, 6.45) is 5.93. The molecule has 132 valence electrons. The Bertz CT molecular complexity index is 784. The third-order valence-electron chi connectivity index (χ3n) is 4.92. The van der Waals surface area contributed by atoms with Gasteiger partial charge < -0.3 is 18.9 Å². The van der Waals surface area contributed by atoms with Crippen molar-refractivity contribution < 1.29 is 14.3 Å². The zero-order valence-electron chi connectivity index (χ0n) is 14.6. The second kappa shape index (κ2) is 6.43. The van der Waals surface area contributed by atoms with Gasteiger partial charge in [-0.05, 0) is 25.0 Å². The van der Waals surface area contributed by atoms with Crippen LogP contribution in [0.4, 0.5) is 0 Å². The van der Waals surface area contributed by atoms with Crippen molar-refractivity contribution in [2.75, 3.05) is 19.9 Å². The SMILES string of the molecule is CC(C)c1nccn1[C@H]1CCCN(C(=O)c2cccc3c2OCO3)C1. The van der Waals surface area contributed by atoms with Gasteiger partial charge in [-0.15, -0.1) is 0 Å². The van der Waals surface area contributed by atoms with Crippen LogP contribution < -0.4 is 9.47 Å². The molecule has 0 aliphatic carbocycles. The lowest BCUT2D eigenvalue weighted by Crippen LogP contribution is -2.41. The van der Waals surface area contributed by atoms with Crippen LogP contribution in [0.25, 0.3) is 0 Å². The minimum absolute atomic E-state index is 0.0123. The molecule has 2 aromatic rings. The highest BCUT2D eigenvalue weighted by atomic mass is 16.7. The smallest absolute Gasteiger partial charge is 0.257 e. The molecular formula is C19H23N3O3. The standard InChI is InChI=1S/C19H23N3O3/c1-13(2)18-20-8-10-22(18)14-5-4-9-21(11-14)19(23)15-6-3-7-16-17(15)25-12-24-16/h3,6-8,10,13-14H,4-5,9,11-12H2,1-2H3/t14-/m0/s1. The van der Waals surface area contributed by atoms with Crippen molar-refractivity contribution in [1.29, 1.82) is 0 Å². The normalized spacial score (nSPS) is 19.5. The number of piperidine rings is 1. The largest absolute Gasteiger partial charge is 0.454 e. The molecule has 1 atom stereocenters. The average Bonchev–Trinajstić information content (AvgIpc) is 3.30. The van der Waals surface area contributed by atoms with Crippen molar-refractivity contribution in [2.24, 2.45) is 0 Å². The van der Waals surface area contributed by atoms with Crippen LogP contribution >= 0.6 is 0 Å². The van der Waals surface area contributed by atoms with E-state index in [0.717, 1.165) is 25.2 Å². The summed E-state index contributed by atoms with van der Waals surface area (Å²) in [4.78, 5) is 19.5. The molecule has 2 aliphatic rings. The van der Waals surface area contributed by atoms with Gasteiger partial charge in [0.05, 0.1) is 11.6 Å². The van der Waals surface area contributed by atoms with E-state index in [0.29, 0.717) is 29.5 Å². The predicted molar refractivity (Wildman–Crippen MR) is 93.1 cm³/mol. The van der Waals surface area contributed by atoms with Crippen molar-refractivity contribution >= 4 is 5.91 Å². The van der Waals surface area contributed by atoms with Crippen LogP contribution in [0.15, 0.2) is 30.6 Å². The van der Waals surface area contributed by atoms with Crippen LogP contribution in [0.1, 0.15) is 54.8 Å². The number of hydrogen-bond donors (Lipinski definition) is 0. The molecular weight excluding hydrogens is 318 g/mol. The zero-order valence-corrected chi connectivity index (χ0v) is 14.6. The first-order valence-corrected chi connectivity index (χ1v) is 8.85. The number of fused-ring (bicyclic) bond motifs is 1. The molecule has 3 heterocycles. The van der Waals surface area contributed by atoms with Gasteiger partial charge >= 0.3 is 0 Å². The van der Waals surface area contributed by atoms with Crippen molar-refractivity contribution in [3.63, 3.8) is 0 Å². The number of imidazole rings is 1. The van der Waals surface area contributed by atoms with Crippen molar-refractivity contribution in [1.82, 2.24) is 14.5 Å². The molecule has 1 aromatic heterocycles. The number of amides is 1. The summed E-state index contributed by atoms with van der Waals surface area (Å²) in [5.41, 5.74) is 0.588. The number of carbonyl (C=O) groups is 1. The minimum atomic E-state index is 0.0123. The fourth-order valence-corrected chi connectivity index (χ4v) is 3.72. The number of likely N-dealkylation sites (tertiary alicyclic amines) is 1. The van der Waals surface area contributed by atoms with Gasteiger partial charge in [0, 0.05) is 31.4 Å². The van der Waals surface area contributed by atoms with Crippen LogP contribution in [0.5, 0.6) is 11.5 Å². The lowest BCUT2D eigenvalue weighted by molar-refractivity contribution is 0.0673. The van der Waals surface area contributed by atoms with Crippen LogP contribution in [-0.4, -0.2) is 40.2 Å². The van der Waals surface area contributed by atoms with E-state index in [2.05, 4.69) is 23.4 Å². The molecule has 1 fully saturated rings. The summed E-state index contributed by atoms with van der Waals surface area (Å²) < 4.78 is 13.1. The predicted octanol–water partition coefficient (Wildman–Crippen LogP) is 3.21. The maximum atomic E-state index is 13.1. The lowest BCUT2D eigenvalue weighted by Gasteiger charge is -2.34. The fraction of sp³-hybridized carbons (Fsp3) is 0.474. The first-order chi connectivity index (χ1) is 12.1. The van der Waals surface area contributed by atoms with Gasteiger partial charge in [0.25, 0.3) is 5.91 Å². The highest BCUT2D eigenvalue weighted by Crippen LogP contribution is 2.36. The quantitative estimate of drug-likeness (QED) is 0.860. The number of benzene rings is 1. The Morgan fingerprint density at radius 1 is 1.32 bits per heavy atom. The molecule has 0 spiro atoms. The summed E-state index contributed by atoms with van der Waals surface area (Å²) in [5, 5.41) is 0. The molecule has 6 nitrogen and oxygen atoms in total. The van der Waals surface area contributed by atoms with Gasteiger partial charge in [-0.25, -0.2) is 4.98 Å². The summed E-state index contributed by atoms with van der Waals surface area (Å²) in [7, 11) is 0. The van der Waals surface area contributed by atoms with Crippen LogP contribution in [0, 0.1) is 0 Å². The molecule has 2 aliphatic heterocycles. The Balaban J connectivity index is 1.56. The van der Waals surface area contributed by atoms with Crippen molar-refractivity contribution in [3.05, 3.63) is 42.0 Å². The fourth-order valence-electron chi connectivity index (χ4n) is 3.72. The number of carbonyl (C=O) groups excluding carboxylic acids is 1. The van der Waals surface area contributed by atoms with Crippen molar-refractivity contribution in [2.45, 2.75) is 38.6 Å². The lowest BCUT2D eigenvalue weighted by atomic mass is 10.0. The molecule has 1 saturated heterocycles. The molecule has 0 saturated carbocycles. The van der Waals surface area contributed by atoms with Gasteiger partial charge in [-0.1, -0.05) is 19.9 Å². The van der Waals surface area contributed by atoms with E-state index in [1.165, 1.54) is 0 Å². The van der Waals surface area contributed by atoms with Gasteiger partial charge in [0.2, 0.25) is 6.79 Å². The minimum Gasteiger partial charge on any atom is -0.454 e. The zero-order chi connectivity index (χ0) is 17.4. The number of hydrogen-bond acceptors (Lipinski definition) is 4. The maximum Gasteiger partial charge on any atom is 0.257 e. The van der Waals surface area contributed by atoms with Gasteiger partial charge in [0.1, 0.15) is 5.82 Å². The average molecular weight is 341 g/mol. The highest BCUT2D eigenvalue weighted by Gasteiger charge is 2.30. The van der Waals surface area contributed by atoms with Gasteiger partial charge in [-0.3, -0.25) is 4.79 Å². The van der Waals surface area contributed by atoms with E-state index in [1.54, 1.807) is 0 Å². The third-order valence-corrected chi connectivity index (χ3v) is 4.92. The van der Waals surface area contributed by atoms with E-state index < -0.39 is 0 Å². The Morgan fingerprint density at radius 2 is 2.20 bits per heavy atom. The van der Waals surface area contributed by atoms with E-state index in [9.17, 15) is 4.79 Å². The topological polar surface area (TPSA) is 56.6 Å². The summed E-state index contributed by atoms with van der Waals surface area (Å²) in [6.45, 7) is 5.93. The molecule has 0 N–H and O–H groups in total. The second-order valence-electron chi connectivity index (χ2n) is 6.93. The molecule has 0 bridgehead atoms. The second-order valence-corrected chi connectivity index (χ2v) is 6.93. The molecule has 0 unspecified atom stereocenters. The number of rotatable bonds is 3. The Kier molecular flexibility index (Phi) is 4.11. The molecule has 25 heavy (non-hydrogen) atoms. The van der Waals surface area contributed by atoms with Crippen molar-refractivity contribution in [3.8, 4) is 11.5 Å². The third kappa shape index (κ3) is 2.86. The Hall–Kier alpha value is -2.50. The van der Waals surface area contributed by atoms with E-state index in [4.69, 9.17) is 9.47 Å². The Morgan fingerprint density at radius 3 is 3.04 bits per heavy atom. The monoisotopic (exact) mass is 341 g/mol. The number of para-hydroxylation sites is 1. The first-order valence-electron chi connectivity index (χ1n) is 8.85. The Labute approximate surface area is 147 Å². The van der Waals surface area contributed by atoms with Crippen LogP contribution in [0.2, 0.25) is 0 Å². The van der Waals surface area contributed by atoms with Crippen LogP contribution in [-0.2, 0) is 0 Å². The van der Waals surface area contributed by atoms with E-state index in [-0.39, 0.29) is 18.7 Å². The number of nitrogens with zero attached hydrogens (tertiary/aromatic N) is 3. The van der Waals surface area contributed by atoms with Gasteiger partial charge in [-0.2, -0.15) is 0 Å². The number of ether oxygens (including phenoxy) is 2. The number of aromatic nitrogens is 2. The molecule has 6 heteroatoms. The molecule has 1 amide bonds. The highest BCUT2D eigenvalue weighted by molar-refractivity contribution is 5.98. The molecule has 1 aromatic carbocycles.